The second kappa shape index (κ2) is 7.48. The Labute approximate surface area is 137 Å². The van der Waals surface area contributed by atoms with Gasteiger partial charge in [0, 0.05) is 4.47 Å². The Kier molecular flexibility index (Phi) is 5.65. The minimum Gasteiger partial charge on any atom is -0.464 e. The molecule has 5 heteroatoms. The van der Waals surface area contributed by atoms with Gasteiger partial charge in [-0.15, -0.1) is 0 Å². The summed E-state index contributed by atoms with van der Waals surface area (Å²) in [7, 11) is 0. The normalized spacial score (nSPS) is 11.8. The zero-order valence-corrected chi connectivity index (χ0v) is 13.8. The maximum atomic E-state index is 12.2. The number of benzene rings is 2. The maximum Gasteiger partial charge on any atom is 0.333 e. The number of nitrogens with one attached hydrogen (secondary N) is 1. The molecular formula is C16H15BrClNO2. The molecule has 21 heavy (non-hydrogen) atoms. The number of hydrogen-bond acceptors (Lipinski definition) is 3. The molecule has 0 amide bonds. The van der Waals surface area contributed by atoms with E-state index in [4.69, 9.17) is 16.3 Å². The number of hydrogen-bond donors (Lipinski definition) is 1. The molecule has 1 unspecified atom stereocenters. The van der Waals surface area contributed by atoms with Crippen molar-refractivity contribution in [3.8, 4) is 0 Å². The average molecular weight is 369 g/mol. The molecule has 0 fully saturated rings. The van der Waals surface area contributed by atoms with Gasteiger partial charge in [0.15, 0.2) is 6.04 Å². The second-order valence-corrected chi connectivity index (χ2v) is 5.69. The number of esters is 1. The molecule has 0 aromatic heterocycles. The molecule has 110 valence electrons. The van der Waals surface area contributed by atoms with Crippen molar-refractivity contribution >= 4 is 39.2 Å². The topological polar surface area (TPSA) is 38.3 Å². The van der Waals surface area contributed by atoms with Gasteiger partial charge in [0.1, 0.15) is 0 Å². The predicted octanol–water partition coefficient (Wildman–Crippen LogP) is 4.82. The monoisotopic (exact) mass is 367 g/mol. The third-order valence-corrected chi connectivity index (χ3v) is 3.71. The van der Waals surface area contributed by atoms with Gasteiger partial charge in [-0.05, 0) is 30.7 Å². The molecule has 2 aromatic rings. The number of rotatable bonds is 5. The first-order valence-corrected chi connectivity index (χ1v) is 7.72. The summed E-state index contributed by atoms with van der Waals surface area (Å²) in [5, 5.41) is 3.70. The van der Waals surface area contributed by atoms with Crippen molar-refractivity contribution in [1.82, 2.24) is 0 Å². The Bertz CT molecular complexity index is 619. The lowest BCUT2D eigenvalue weighted by Gasteiger charge is -2.19. The molecule has 0 aliphatic heterocycles. The van der Waals surface area contributed by atoms with Crippen LogP contribution in [0.2, 0.25) is 5.02 Å². The lowest BCUT2D eigenvalue weighted by molar-refractivity contribution is -0.144. The molecule has 3 nitrogen and oxygen atoms in total. The van der Waals surface area contributed by atoms with Gasteiger partial charge in [0.25, 0.3) is 0 Å². The van der Waals surface area contributed by atoms with Crippen LogP contribution in [0.3, 0.4) is 0 Å². The summed E-state index contributed by atoms with van der Waals surface area (Å²) in [5.74, 6) is -0.334. The fraction of sp³-hybridized carbons (Fsp3) is 0.188. The van der Waals surface area contributed by atoms with Crippen molar-refractivity contribution < 1.29 is 9.53 Å². The summed E-state index contributed by atoms with van der Waals surface area (Å²) < 4.78 is 6.02. The van der Waals surface area contributed by atoms with Crippen molar-refractivity contribution in [2.45, 2.75) is 13.0 Å². The van der Waals surface area contributed by atoms with Crippen LogP contribution in [-0.2, 0) is 9.53 Å². The number of carbonyl (C=O) groups is 1. The van der Waals surface area contributed by atoms with Gasteiger partial charge < -0.3 is 10.1 Å². The van der Waals surface area contributed by atoms with Gasteiger partial charge in [-0.1, -0.05) is 57.9 Å². The standard InChI is InChI=1S/C16H15BrClNO2/c1-2-21-16(20)15(11-6-4-3-5-7-11)19-14-10-12(17)8-9-13(14)18/h3-10,15,19H,2H2,1H3. The molecule has 1 atom stereocenters. The van der Waals surface area contributed by atoms with Crippen molar-refractivity contribution in [2.24, 2.45) is 0 Å². The Hall–Kier alpha value is -1.52. The highest BCUT2D eigenvalue weighted by molar-refractivity contribution is 9.10. The highest BCUT2D eigenvalue weighted by atomic mass is 79.9. The van der Waals surface area contributed by atoms with E-state index in [1.807, 2.05) is 42.5 Å². The minimum absolute atomic E-state index is 0.329. The van der Waals surface area contributed by atoms with Gasteiger partial charge in [-0.25, -0.2) is 4.79 Å². The van der Waals surface area contributed by atoms with Crippen LogP contribution in [0, 0.1) is 0 Å². The van der Waals surface area contributed by atoms with Crippen LogP contribution in [0.5, 0.6) is 0 Å². The number of carbonyl (C=O) groups excluding carboxylic acids is 1. The SMILES string of the molecule is CCOC(=O)C(Nc1cc(Br)ccc1Cl)c1ccccc1. The van der Waals surface area contributed by atoms with Crippen molar-refractivity contribution in [3.63, 3.8) is 0 Å². The summed E-state index contributed by atoms with van der Waals surface area (Å²) in [4.78, 5) is 12.2. The Balaban J connectivity index is 2.32. The van der Waals surface area contributed by atoms with Crippen LogP contribution in [0.4, 0.5) is 5.69 Å². The van der Waals surface area contributed by atoms with Gasteiger partial charge in [-0.3, -0.25) is 0 Å². The van der Waals surface area contributed by atoms with Gasteiger partial charge in [0.05, 0.1) is 17.3 Å². The maximum absolute atomic E-state index is 12.2. The van der Waals surface area contributed by atoms with Crippen LogP contribution in [0.25, 0.3) is 0 Å². The van der Waals surface area contributed by atoms with Crippen molar-refractivity contribution in [1.29, 1.82) is 0 Å². The van der Waals surface area contributed by atoms with Gasteiger partial charge in [0.2, 0.25) is 0 Å². The second-order valence-electron chi connectivity index (χ2n) is 4.36. The molecule has 2 aromatic carbocycles. The van der Waals surface area contributed by atoms with Crippen LogP contribution < -0.4 is 5.32 Å². The van der Waals surface area contributed by atoms with Crippen LogP contribution in [-0.4, -0.2) is 12.6 Å². The summed E-state index contributed by atoms with van der Waals surface area (Å²) in [6.45, 7) is 2.11. The zero-order valence-electron chi connectivity index (χ0n) is 11.5. The molecule has 0 spiro atoms. The summed E-state index contributed by atoms with van der Waals surface area (Å²) in [6, 6.07) is 14.3. The molecule has 0 aliphatic rings. The van der Waals surface area contributed by atoms with E-state index in [0.717, 1.165) is 10.0 Å². The Morgan fingerprint density at radius 1 is 1.29 bits per heavy atom. The smallest absolute Gasteiger partial charge is 0.333 e. The van der Waals surface area contributed by atoms with E-state index in [2.05, 4.69) is 21.2 Å². The summed E-state index contributed by atoms with van der Waals surface area (Å²) >= 11 is 9.57. The lowest BCUT2D eigenvalue weighted by Crippen LogP contribution is -2.23. The number of anilines is 1. The molecule has 0 saturated carbocycles. The van der Waals surface area contributed by atoms with Crippen molar-refractivity contribution in [3.05, 3.63) is 63.6 Å². The van der Waals surface area contributed by atoms with E-state index in [0.29, 0.717) is 17.3 Å². The van der Waals surface area contributed by atoms with E-state index >= 15 is 0 Å². The van der Waals surface area contributed by atoms with Crippen LogP contribution in [0.15, 0.2) is 53.0 Å². The zero-order chi connectivity index (χ0) is 15.2. The highest BCUT2D eigenvalue weighted by Crippen LogP contribution is 2.29. The Morgan fingerprint density at radius 2 is 2.00 bits per heavy atom. The third-order valence-electron chi connectivity index (χ3n) is 2.88. The first-order chi connectivity index (χ1) is 10.1. The largest absolute Gasteiger partial charge is 0.464 e. The summed E-state index contributed by atoms with van der Waals surface area (Å²) in [5.41, 5.74) is 1.50. The third kappa shape index (κ3) is 4.22. The first kappa shape index (κ1) is 15.9. The molecule has 0 saturated heterocycles. The molecule has 0 bridgehead atoms. The van der Waals surface area contributed by atoms with Crippen LogP contribution >= 0.6 is 27.5 Å². The fourth-order valence-electron chi connectivity index (χ4n) is 1.91. The first-order valence-electron chi connectivity index (χ1n) is 6.55. The highest BCUT2D eigenvalue weighted by Gasteiger charge is 2.22. The molecular weight excluding hydrogens is 354 g/mol. The lowest BCUT2D eigenvalue weighted by atomic mass is 10.1. The van der Waals surface area contributed by atoms with E-state index in [-0.39, 0.29) is 5.97 Å². The molecule has 2 rings (SSSR count). The number of halogens is 2. The number of ether oxygens (including phenoxy) is 1. The molecule has 0 radical (unpaired) electrons. The molecule has 0 aliphatic carbocycles. The fourth-order valence-corrected chi connectivity index (χ4v) is 2.45. The van der Waals surface area contributed by atoms with E-state index < -0.39 is 6.04 Å². The average Bonchev–Trinajstić information content (AvgIpc) is 2.49. The summed E-state index contributed by atoms with van der Waals surface area (Å²) in [6.07, 6.45) is 0. The van der Waals surface area contributed by atoms with Gasteiger partial charge in [-0.2, -0.15) is 0 Å². The molecule has 0 heterocycles. The predicted molar refractivity (Wildman–Crippen MR) is 88.6 cm³/mol. The Morgan fingerprint density at radius 3 is 2.67 bits per heavy atom. The quantitative estimate of drug-likeness (QED) is 0.769. The van der Waals surface area contributed by atoms with E-state index in [1.54, 1.807) is 13.0 Å². The molecule has 1 N–H and O–H groups in total. The van der Waals surface area contributed by atoms with Crippen molar-refractivity contribution in [2.75, 3.05) is 11.9 Å². The van der Waals surface area contributed by atoms with E-state index in [9.17, 15) is 4.79 Å². The van der Waals surface area contributed by atoms with E-state index in [1.165, 1.54) is 0 Å². The van der Waals surface area contributed by atoms with Gasteiger partial charge >= 0.3 is 5.97 Å². The van der Waals surface area contributed by atoms with Crippen LogP contribution in [0.1, 0.15) is 18.5 Å². The minimum atomic E-state index is -0.599.